The van der Waals surface area contributed by atoms with Crippen LogP contribution in [0.3, 0.4) is 0 Å². The zero-order valence-corrected chi connectivity index (χ0v) is 13.4. The number of hydrogen-bond donors (Lipinski definition) is 1. The van der Waals surface area contributed by atoms with Crippen LogP contribution in [0.4, 0.5) is 0 Å². The zero-order chi connectivity index (χ0) is 16.1. The van der Waals surface area contributed by atoms with E-state index in [4.69, 9.17) is 4.74 Å². The van der Waals surface area contributed by atoms with Gasteiger partial charge in [0.05, 0.1) is 0 Å². The molecular weight excluding hydrogens is 288 g/mol. The quantitative estimate of drug-likeness (QED) is 0.852. The maximum Gasteiger partial charge on any atom is 0.277 e. The third-order valence-corrected chi connectivity index (χ3v) is 4.38. The fourth-order valence-corrected chi connectivity index (χ4v) is 3.12. The monoisotopic (exact) mass is 310 g/mol. The molecule has 4 heteroatoms. The van der Waals surface area contributed by atoms with E-state index >= 15 is 0 Å². The first-order chi connectivity index (χ1) is 11.3. The third kappa shape index (κ3) is 3.70. The minimum atomic E-state index is -0.216. The van der Waals surface area contributed by atoms with Crippen molar-refractivity contribution < 1.29 is 9.53 Å². The largest absolute Gasteiger partial charge is 0.483 e. The van der Waals surface area contributed by atoms with Gasteiger partial charge in [0, 0.05) is 11.1 Å². The van der Waals surface area contributed by atoms with Crippen molar-refractivity contribution in [2.24, 2.45) is 11.0 Å². The van der Waals surface area contributed by atoms with Gasteiger partial charge in [-0.3, -0.25) is 4.79 Å². The SMILES string of the molecule is CCC1CCC/C1=N\NC(=O)COc1cccc2ccccc12. The van der Waals surface area contributed by atoms with Gasteiger partial charge >= 0.3 is 0 Å². The molecule has 1 N–H and O–H groups in total. The number of rotatable bonds is 5. The molecule has 2 aromatic rings. The fraction of sp³-hybridized carbons (Fsp3) is 0.368. The van der Waals surface area contributed by atoms with Gasteiger partial charge in [0.2, 0.25) is 0 Å². The smallest absolute Gasteiger partial charge is 0.277 e. The molecule has 0 spiro atoms. The topological polar surface area (TPSA) is 50.7 Å². The van der Waals surface area contributed by atoms with Crippen molar-refractivity contribution in [3.63, 3.8) is 0 Å². The van der Waals surface area contributed by atoms with Gasteiger partial charge in [-0.15, -0.1) is 0 Å². The minimum absolute atomic E-state index is 0.0262. The molecule has 120 valence electrons. The predicted molar refractivity (Wildman–Crippen MR) is 92.7 cm³/mol. The van der Waals surface area contributed by atoms with E-state index in [-0.39, 0.29) is 12.5 Å². The van der Waals surface area contributed by atoms with Gasteiger partial charge < -0.3 is 4.74 Å². The summed E-state index contributed by atoms with van der Waals surface area (Å²) in [6, 6.07) is 13.8. The van der Waals surface area contributed by atoms with Gasteiger partial charge in [0.15, 0.2) is 6.61 Å². The summed E-state index contributed by atoms with van der Waals surface area (Å²) >= 11 is 0. The molecule has 0 radical (unpaired) electrons. The second kappa shape index (κ2) is 7.27. The third-order valence-electron chi connectivity index (χ3n) is 4.38. The molecule has 1 unspecified atom stereocenters. The number of benzene rings is 2. The second-order valence-electron chi connectivity index (χ2n) is 5.90. The van der Waals surface area contributed by atoms with Crippen LogP contribution in [0.2, 0.25) is 0 Å². The molecule has 1 aliphatic carbocycles. The number of ether oxygens (including phenoxy) is 1. The lowest BCUT2D eigenvalue weighted by atomic mass is 10.0. The van der Waals surface area contributed by atoms with Crippen LogP contribution < -0.4 is 10.2 Å². The van der Waals surface area contributed by atoms with Crippen LogP contribution >= 0.6 is 0 Å². The van der Waals surface area contributed by atoms with Crippen molar-refractivity contribution in [1.82, 2.24) is 5.43 Å². The molecule has 4 nitrogen and oxygen atoms in total. The summed E-state index contributed by atoms with van der Waals surface area (Å²) in [6.45, 7) is 2.14. The lowest BCUT2D eigenvalue weighted by Crippen LogP contribution is -2.26. The Hall–Kier alpha value is -2.36. The van der Waals surface area contributed by atoms with E-state index in [1.165, 1.54) is 12.8 Å². The van der Waals surface area contributed by atoms with Gasteiger partial charge in [-0.1, -0.05) is 43.3 Å². The highest BCUT2D eigenvalue weighted by molar-refractivity contribution is 5.90. The molecule has 3 rings (SSSR count). The van der Waals surface area contributed by atoms with E-state index in [9.17, 15) is 4.79 Å². The molecule has 2 aromatic carbocycles. The predicted octanol–water partition coefficient (Wildman–Crippen LogP) is 3.90. The molecule has 0 heterocycles. The van der Waals surface area contributed by atoms with E-state index < -0.39 is 0 Å². The number of nitrogens with one attached hydrogen (secondary N) is 1. The second-order valence-corrected chi connectivity index (χ2v) is 5.90. The van der Waals surface area contributed by atoms with Crippen LogP contribution in [0.1, 0.15) is 32.6 Å². The molecular formula is C19H22N2O2. The molecule has 1 amide bonds. The summed E-state index contributed by atoms with van der Waals surface area (Å²) < 4.78 is 5.67. The average molecular weight is 310 g/mol. The lowest BCUT2D eigenvalue weighted by Gasteiger charge is -2.10. The molecule has 1 fully saturated rings. The van der Waals surface area contributed by atoms with Gasteiger partial charge in [0.1, 0.15) is 5.75 Å². The maximum absolute atomic E-state index is 12.0. The van der Waals surface area contributed by atoms with Crippen molar-refractivity contribution in [2.45, 2.75) is 32.6 Å². The van der Waals surface area contributed by atoms with Crippen LogP contribution in [-0.4, -0.2) is 18.2 Å². The van der Waals surface area contributed by atoms with E-state index in [0.29, 0.717) is 5.92 Å². The standard InChI is InChI=1S/C19H22N2O2/c1-2-14-8-5-11-17(14)20-21-19(22)13-23-18-12-6-9-15-7-3-4-10-16(15)18/h3-4,6-7,9-10,12,14H,2,5,8,11,13H2,1H3,(H,21,22)/b20-17+. The van der Waals surface area contributed by atoms with E-state index in [0.717, 1.165) is 35.1 Å². The van der Waals surface area contributed by atoms with Crippen LogP contribution in [0.15, 0.2) is 47.6 Å². The average Bonchev–Trinajstić information content (AvgIpc) is 3.05. The Kier molecular flexibility index (Phi) is 4.91. The van der Waals surface area contributed by atoms with Crippen LogP contribution in [0.25, 0.3) is 10.8 Å². The van der Waals surface area contributed by atoms with Gasteiger partial charge in [-0.25, -0.2) is 5.43 Å². The number of amides is 1. The summed E-state index contributed by atoms with van der Waals surface area (Å²) in [5.74, 6) is 1.03. The van der Waals surface area contributed by atoms with Crippen molar-refractivity contribution in [3.8, 4) is 5.75 Å². The van der Waals surface area contributed by atoms with Crippen molar-refractivity contribution >= 4 is 22.4 Å². The number of carbonyl (C=O) groups is 1. The highest BCUT2D eigenvalue weighted by Crippen LogP contribution is 2.26. The number of hydrogen-bond acceptors (Lipinski definition) is 3. The van der Waals surface area contributed by atoms with E-state index in [2.05, 4.69) is 17.5 Å². The summed E-state index contributed by atoms with van der Waals surface area (Å²) in [5, 5.41) is 6.40. The number of hydrazone groups is 1. The Morgan fingerprint density at radius 1 is 1.26 bits per heavy atom. The first-order valence-electron chi connectivity index (χ1n) is 8.23. The Morgan fingerprint density at radius 3 is 2.96 bits per heavy atom. The Labute approximate surface area is 136 Å². The molecule has 23 heavy (non-hydrogen) atoms. The van der Waals surface area contributed by atoms with Crippen LogP contribution in [0.5, 0.6) is 5.75 Å². The normalized spacial score (nSPS) is 19.2. The van der Waals surface area contributed by atoms with Crippen LogP contribution in [-0.2, 0) is 4.79 Å². The highest BCUT2D eigenvalue weighted by Gasteiger charge is 2.20. The summed E-state index contributed by atoms with van der Waals surface area (Å²) in [4.78, 5) is 12.0. The first-order valence-corrected chi connectivity index (χ1v) is 8.23. The molecule has 1 aliphatic rings. The van der Waals surface area contributed by atoms with Gasteiger partial charge in [-0.05, 0) is 43.1 Å². The maximum atomic E-state index is 12.0. The minimum Gasteiger partial charge on any atom is -0.483 e. The van der Waals surface area contributed by atoms with E-state index in [1.807, 2.05) is 42.5 Å². The fourth-order valence-electron chi connectivity index (χ4n) is 3.12. The Bertz CT molecular complexity index is 719. The Morgan fingerprint density at radius 2 is 2.09 bits per heavy atom. The van der Waals surface area contributed by atoms with E-state index in [1.54, 1.807) is 0 Å². The molecule has 0 aromatic heterocycles. The molecule has 0 aliphatic heterocycles. The van der Waals surface area contributed by atoms with Crippen molar-refractivity contribution in [1.29, 1.82) is 0 Å². The van der Waals surface area contributed by atoms with Gasteiger partial charge in [-0.2, -0.15) is 5.10 Å². The molecule has 0 saturated heterocycles. The zero-order valence-electron chi connectivity index (χ0n) is 13.4. The molecule has 1 atom stereocenters. The van der Waals surface area contributed by atoms with Crippen molar-refractivity contribution in [3.05, 3.63) is 42.5 Å². The van der Waals surface area contributed by atoms with Gasteiger partial charge in [0.25, 0.3) is 5.91 Å². The first kappa shape index (κ1) is 15.5. The molecule has 0 bridgehead atoms. The van der Waals surface area contributed by atoms with Crippen molar-refractivity contribution in [2.75, 3.05) is 6.61 Å². The Balaban J connectivity index is 1.59. The summed E-state index contributed by atoms with van der Waals surface area (Å²) in [5.41, 5.74) is 3.75. The summed E-state index contributed by atoms with van der Waals surface area (Å²) in [6.07, 6.45) is 4.42. The molecule has 1 saturated carbocycles. The highest BCUT2D eigenvalue weighted by atomic mass is 16.5. The lowest BCUT2D eigenvalue weighted by molar-refractivity contribution is -0.123. The van der Waals surface area contributed by atoms with Crippen LogP contribution in [0, 0.1) is 5.92 Å². The number of nitrogens with zero attached hydrogens (tertiary/aromatic N) is 1. The number of fused-ring (bicyclic) bond motifs is 1. The number of carbonyl (C=O) groups excluding carboxylic acids is 1. The summed E-state index contributed by atoms with van der Waals surface area (Å²) in [7, 11) is 0.